The Labute approximate surface area is 72.3 Å². The van der Waals surface area contributed by atoms with Crippen LogP contribution in [-0.2, 0) is 4.79 Å². The van der Waals surface area contributed by atoms with Crippen molar-refractivity contribution in [2.75, 3.05) is 0 Å². The predicted octanol–water partition coefficient (Wildman–Crippen LogP) is 1.15. The van der Waals surface area contributed by atoms with Crippen molar-refractivity contribution in [3.05, 3.63) is 0 Å². The first-order valence-corrected chi connectivity index (χ1v) is 2.34. The highest BCUT2D eigenvalue weighted by atomic mass is 16.4. The van der Waals surface area contributed by atoms with Gasteiger partial charge in [-0.3, -0.25) is 4.79 Å². The van der Waals surface area contributed by atoms with Gasteiger partial charge in [0.25, 0.3) is 5.97 Å². The molecule has 72 valence electrons. The Balaban J connectivity index is -0.0000000181. The van der Waals surface area contributed by atoms with Crippen LogP contribution in [0.2, 0.25) is 0 Å². The highest BCUT2D eigenvalue weighted by Crippen LogP contribution is 1.42. The maximum Gasteiger partial charge on any atom is 0.300 e. The van der Waals surface area contributed by atoms with Gasteiger partial charge in [-0.25, -0.2) is 0 Å². The Bertz CT molecular complexity index is 67.9. The van der Waals surface area contributed by atoms with Gasteiger partial charge < -0.3 is 26.7 Å². The van der Waals surface area contributed by atoms with E-state index in [1.807, 2.05) is 0 Å². The van der Waals surface area contributed by atoms with Crippen LogP contribution in [0.3, 0.4) is 0 Å². The van der Waals surface area contributed by atoms with Gasteiger partial charge in [0.05, 0.1) is 0 Å². The first kappa shape index (κ1) is 32.0. The molecule has 0 heterocycles. The van der Waals surface area contributed by atoms with E-state index in [0.29, 0.717) is 0 Å². The zero-order valence-electron chi connectivity index (χ0n) is 7.18. The minimum absolute atomic E-state index is 0.833. The molecule has 0 aromatic rings. The fourth-order valence-electron chi connectivity index (χ4n) is 0. The number of carboxylic acid groups (broad SMARTS) is 1. The summed E-state index contributed by atoms with van der Waals surface area (Å²) in [5.74, 6) is -0.833. The van der Waals surface area contributed by atoms with Crippen LogP contribution >= 0.6 is 0 Å². The summed E-state index contributed by atoms with van der Waals surface area (Å²) in [6.07, 6.45) is 0. The number of nitrogens with one attached hydrogen (secondary N) is 4. The van der Waals surface area contributed by atoms with Crippen molar-refractivity contribution in [3.63, 3.8) is 0 Å². The largest absolute Gasteiger partial charge is 0.481 e. The van der Waals surface area contributed by atoms with E-state index in [1.54, 1.807) is 0 Å². The molecule has 0 bridgehead atoms. The first-order valence-electron chi connectivity index (χ1n) is 2.34. The van der Waals surface area contributed by atoms with Crippen LogP contribution in [0.15, 0.2) is 0 Å². The fourth-order valence-corrected chi connectivity index (χ4v) is 0. The van der Waals surface area contributed by atoms with E-state index in [4.69, 9.17) is 31.5 Å². The van der Waals surface area contributed by atoms with E-state index in [0.717, 1.165) is 6.92 Å². The standard InChI is InChI=1S/C2H4O2.4CH3N/c1-2(3)4;4*1-2/h1H3,(H,3,4);4*2H,1H2. The van der Waals surface area contributed by atoms with Crippen LogP contribution in [0.4, 0.5) is 0 Å². The molecule has 6 nitrogen and oxygen atoms in total. The molecule has 0 unspecified atom stereocenters. The lowest BCUT2D eigenvalue weighted by Gasteiger charge is -1.59. The number of hydrogen-bond donors (Lipinski definition) is 5. The summed E-state index contributed by atoms with van der Waals surface area (Å²) in [6.45, 7) is 11.1. The topological polar surface area (TPSA) is 133 Å². The predicted molar refractivity (Wildman–Crippen MR) is 52.7 cm³/mol. The third-order valence-corrected chi connectivity index (χ3v) is 0. The molecule has 0 spiro atoms. The van der Waals surface area contributed by atoms with Gasteiger partial charge >= 0.3 is 0 Å². The molecule has 0 amide bonds. The zero-order chi connectivity index (χ0) is 11.6. The van der Waals surface area contributed by atoms with Crippen LogP contribution in [0.25, 0.3) is 0 Å². The molecule has 0 aliphatic carbocycles. The second-order valence-electron chi connectivity index (χ2n) is 0.519. The molecule has 0 aromatic carbocycles. The minimum Gasteiger partial charge on any atom is -0.481 e. The smallest absolute Gasteiger partial charge is 0.300 e. The third-order valence-electron chi connectivity index (χ3n) is 0. The summed E-state index contributed by atoms with van der Waals surface area (Å²) < 4.78 is 0. The quantitative estimate of drug-likeness (QED) is 0.354. The third kappa shape index (κ3) is 122. The van der Waals surface area contributed by atoms with Crippen molar-refractivity contribution < 1.29 is 9.90 Å². The zero-order valence-corrected chi connectivity index (χ0v) is 7.18. The van der Waals surface area contributed by atoms with E-state index in [9.17, 15) is 0 Å². The van der Waals surface area contributed by atoms with Crippen LogP contribution in [-0.4, -0.2) is 37.9 Å². The average molecular weight is 176 g/mol. The molecule has 0 fully saturated rings. The van der Waals surface area contributed by atoms with Gasteiger partial charge in [-0.2, -0.15) is 0 Å². The van der Waals surface area contributed by atoms with Gasteiger partial charge in [-0.1, -0.05) is 0 Å². The van der Waals surface area contributed by atoms with Gasteiger partial charge in [0.2, 0.25) is 0 Å². The van der Waals surface area contributed by atoms with E-state index in [-0.39, 0.29) is 0 Å². The molecule has 0 radical (unpaired) electrons. The highest BCUT2D eigenvalue weighted by Gasteiger charge is 1.65. The first-order chi connectivity index (χ1) is 5.73. The Hall–Kier alpha value is -1.85. The molecule has 0 aliphatic heterocycles. The highest BCUT2D eigenvalue weighted by molar-refractivity contribution is 5.62. The van der Waals surface area contributed by atoms with Crippen molar-refractivity contribution >= 4 is 32.8 Å². The summed E-state index contributed by atoms with van der Waals surface area (Å²) >= 11 is 0. The van der Waals surface area contributed by atoms with E-state index < -0.39 is 5.97 Å². The number of rotatable bonds is 0. The van der Waals surface area contributed by atoms with Crippen LogP contribution < -0.4 is 0 Å². The lowest BCUT2D eigenvalue weighted by atomic mass is 10.9. The molecule has 0 aliphatic rings. The van der Waals surface area contributed by atoms with Crippen molar-refractivity contribution in [3.8, 4) is 0 Å². The Morgan fingerprint density at radius 3 is 0.917 bits per heavy atom. The SMILES string of the molecule is C=N.C=N.C=N.C=N.CC(=O)O. The van der Waals surface area contributed by atoms with Gasteiger partial charge in [-0.05, 0) is 26.9 Å². The summed E-state index contributed by atoms with van der Waals surface area (Å²) in [7, 11) is 0. The maximum atomic E-state index is 9.00. The van der Waals surface area contributed by atoms with Gasteiger partial charge in [0.15, 0.2) is 0 Å². The van der Waals surface area contributed by atoms with Crippen LogP contribution in [0.1, 0.15) is 6.92 Å². The van der Waals surface area contributed by atoms with Gasteiger partial charge in [0.1, 0.15) is 0 Å². The van der Waals surface area contributed by atoms with Crippen molar-refractivity contribution in [2.24, 2.45) is 0 Å². The average Bonchev–Trinajstić information content (AvgIpc) is 2.16. The Morgan fingerprint density at radius 2 is 0.917 bits per heavy atom. The van der Waals surface area contributed by atoms with Gasteiger partial charge in [0, 0.05) is 6.92 Å². The molecule has 0 atom stereocenters. The summed E-state index contributed by atoms with van der Waals surface area (Å²) in [4.78, 5) is 9.00. The molecule has 0 saturated heterocycles. The monoisotopic (exact) mass is 176 g/mol. The second kappa shape index (κ2) is 460. The summed E-state index contributed by atoms with van der Waals surface area (Å²) in [5.41, 5.74) is 0. The summed E-state index contributed by atoms with van der Waals surface area (Å²) in [5, 5.41) is 29.4. The molecule has 0 saturated carbocycles. The molecule has 5 N–H and O–H groups in total. The Kier molecular flexibility index (Phi) is 1230. The van der Waals surface area contributed by atoms with E-state index >= 15 is 0 Å². The van der Waals surface area contributed by atoms with Crippen molar-refractivity contribution in [1.82, 2.24) is 0 Å². The Morgan fingerprint density at radius 1 is 0.917 bits per heavy atom. The van der Waals surface area contributed by atoms with Crippen molar-refractivity contribution in [2.45, 2.75) is 6.92 Å². The van der Waals surface area contributed by atoms with Crippen molar-refractivity contribution in [1.29, 1.82) is 21.6 Å². The number of hydrogen-bond acceptors (Lipinski definition) is 5. The molecular weight excluding hydrogens is 160 g/mol. The van der Waals surface area contributed by atoms with E-state index in [1.165, 1.54) is 0 Å². The summed E-state index contributed by atoms with van der Waals surface area (Å²) in [6, 6.07) is 0. The molecular formula is C6H16N4O2. The molecule has 12 heavy (non-hydrogen) atoms. The van der Waals surface area contributed by atoms with E-state index in [2.05, 4.69) is 26.9 Å². The maximum absolute atomic E-state index is 9.00. The lowest BCUT2D eigenvalue weighted by molar-refractivity contribution is -0.134. The fraction of sp³-hybridized carbons (Fsp3) is 0.167. The van der Waals surface area contributed by atoms with Crippen LogP contribution in [0, 0.1) is 21.6 Å². The lowest BCUT2D eigenvalue weighted by Crippen LogP contribution is -1.78. The molecule has 0 aromatic heterocycles. The minimum atomic E-state index is -0.833. The normalized spacial score (nSPS) is 3.42. The number of carboxylic acids is 1. The molecule has 6 heteroatoms. The molecule has 0 rings (SSSR count). The number of carbonyl (C=O) groups is 1. The van der Waals surface area contributed by atoms with Gasteiger partial charge in [-0.15, -0.1) is 0 Å². The number of aliphatic carboxylic acids is 1. The van der Waals surface area contributed by atoms with Crippen LogP contribution in [0.5, 0.6) is 0 Å². The second-order valence-corrected chi connectivity index (χ2v) is 0.519.